The van der Waals surface area contributed by atoms with Gasteiger partial charge in [0.05, 0.1) is 10.2 Å². The van der Waals surface area contributed by atoms with E-state index in [4.69, 9.17) is 5.73 Å². The molecular weight excluding hydrogens is 407 g/mol. The number of aromatic nitrogens is 3. The molecule has 4 nitrogen and oxygen atoms in total. The van der Waals surface area contributed by atoms with E-state index < -0.39 is 0 Å². The Kier molecular flexibility index (Phi) is 2.98. The summed E-state index contributed by atoms with van der Waals surface area (Å²) in [5.74, 6) is 0. The summed E-state index contributed by atoms with van der Waals surface area (Å²) in [5, 5.41) is 8.90. The van der Waals surface area contributed by atoms with Gasteiger partial charge in [-0.15, -0.1) is 10.2 Å². The maximum atomic E-state index is 5.83. The summed E-state index contributed by atoms with van der Waals surface area (Å²) in [6, 6.07) is 11.7. The van der Waals surface area contributed by atoms with Crippen LogP contribution < -0.4 is 5.73 Å². The van der Waals surface area contributed by atoms with Crippen LogP contribution in [-0.2, 0) is 0 Å². The minimum atomic E-state index is 0.664. The highest BCUT2D eigenvalue weighted by Gasteiger charge is 2.09. The Bertz CT molecular complexity index is 738. The average Bonchev–Trinajstić information content (AvgIpc) is 2.79. The lowest BCUT2D eigenvalue weighted by Crippen LogP contribution is -1.98. The van der Waals surface area contributed by atoms with Crippen LogP contribution in [0.4, 0.5) is 5.69 Å². The number of nitrogen functional groups attached to an aromatic ring is 1. The number of benzene rings is 2. The van der Waals surface area contributed by atoms with Crippen molar-refractivity contribution in [2.24, 2.45) is 0 Å². The van der Waals surface area contributed by atoms with Crippen LogP contribution in [-0.4, -0.2) is 15.0 Å². The van der Waals surface area contributed by atoms with E-state index in [9.17, 15) is 0 Å². The van der Waals surface area contributed by atoms with Crippen molar-refractivity contribution in [1.29, 1.82) is 0 Å². The lowest BCUT2D eigenvalue weighted by molar-refractivity contribution is 0.765. The number of nitrogens with zero attached hydrogens (tertiary/aromatic N) is 3. The maximum absolute atomic E-state index is 5.83. The summed E-state index contributed by atoms with van der Waals surface area (Å²) in [6.07, 6.45) is 0. The van der Waals surface area contributed by atoms with E-state index in [2.05, 4.69) is 48.7 Å². The highest BCUT2D eigenvalue weighted by atomic mass is 127. The zero-order valence-corrected chi connectivity index (χ0v) is 12.9. The Hall–Kier alpha value is -1.15. The van der Waals surface area contributed by atoms with Gasteiger partial charge in [-0.1, -0.05) is 6.07 Å². The zero-order chi connectivity index (χ0) is 12.7. The molecule has 2 aromatic carbocycles. The highest BCUT2D eigenvalue weighted by molar-refractivity contribution is 14.1. The van der Waals surface area contributed by atoms with Crippen molar-refractivity contribution in [3.63, 3.8) is 0 Å². The first kappa shape index (κ1) is 11.9. The summed E-state index contributed by atoms with van der Waals surface area (Å²) < 4.78 is 1.93. The van der Waals surface area contributed by atoms with E-state index in [1.807, 2.05) is 36.4 Å². The van der Waals surface area contributed by atoms with Crippen molar-refractivity contribution in [3.8, 4) is 5.69 Å². The molecule has 0 saturated heterocycles. The maximum Gasteiger partial charge on any atom is 0.129 e. The van der Waals surface area contributed by atoms with Gasteiger partial charge < -0.3 is 5.73 Å². The van der Waals surface area contributed by atoms with Gasteiger partial charge >= 0.3 is 0 Å². The Labute approximate surface area is 125 Å². The van der Waals surface area contributed by atoms with E-state index in [0.717, 1.165) is 24.8 Å². The first-order valence-corrected chi connectivity index (χ1v) is 7.09. The number of nitrogens with two attached hydrogens (primary N) is 1. The van der Waals surface area contributed by atoms with Gasteiger partial charge in [0.15, 0.2) is 0 Å². The first-order valence-electron chi connectivity index (χ1n) is 5.22. The third-order valence-electron chi connectivity index (χ3n) is 2.56. The molecule has 0 amide bonds. The largest absolute Gasteiger partial charge is 0.398 e. The Morgan fingerprint density at radius 1 is 1.17 bits per heavy atom. The second-order valence-electron chi connectivity index (χ2n) is 3.81. The Balaban J connectivity index is 2.23. The number of rotatable bonds is 1. The molecule has 0 radical (unpaired) electrons. The zero-order valence-electron chi connectivity index (χ0n) is 9.14. The predicted molar refractivity (Wildman–Crippen MR) is 83.7 cm³/mol. The Morgan fingerprint density at radius 2 is 2.00 bits per heavy atom. The molecule has 0 atom stereocenters. The van der Waals surface area contributed by atoms with Gasteiger partial charge in [-0.2, -0.15) is 4.80 Å². The van der Waals surface area contributed by atoms with Crippen LogP contribution in [0.25, 0.3) is 16.7 Å². The van der Waals surface area contributed by atoms with E-state index in [1.165, 1.54) is 0 Å². The molecule has 0 aliphatic carbocycles. The van der Waals surface area contributed by atoms with E-state index in [-0.39, 0.29) is 0 Å². The summed E-state index contributed by atoms with van der Waals surface area (Å²) in [5.41, 5.74) is 9.02. The summed E-state index contributed by atoms with van der Waals surface area (Å²) in [4.78, 5) is 1.62. The number of fused-ring (bicyclic) bond motifs is 1. The quantitative estimate of drug-likeness (QED) is 0.490. The molecule has 0 unspecified atom stereocenters. The predicted octanol–water partition coefficient (Wildman–Crippen LogP) is 3.37. The summed E-state index contributed by atoms with van der Waals surface area (Å²) in [6.45, 7) is 0. The highest BCUT2D eigenvalue weighted by Crippen LogP contribution is 2.27. The van der Waals surface area contributed by atoms with Crippen molar-refractivity contribution in [2.45, 2.75) is 0 Å². The van der Waals surface area contributed by atoms with Crippen LogP contribution in [0, 0.1) is 3.57 Å². The van der Waals surface area contributed by atoms with Gasteiger partial charge in [-0.3, -0.25) is 0 Å². The molecule has 0 bridgehead atoms. The van der Waals surface area contributed by atoms with Gasteiger partial charge in [0.1, 0.15) is 11.0 Å². The van der Waals surface area contributed by atoms with Crippen molar-refractivity contribution in [3.05, 3.63) is 44.4 Å². The second kappa shape index (κ2) is 4.51. The van der Waals surface area contributed by atoms with E-state index in [0.29, 0.717) is 5.69 Å². The number of halogens is 2. The molecule has 0 aliphatic heterocycles. The molecule has 0 aliphatic rings. The van der Waals surface area contributed by atoms with Gasteiger partial charge in [-0.05, 0) is 68.9 Å². The molecule has 0 saturated carbocycles. The van der Waals surface area contributed by atoms with Gasteiger partial charge in [-0.25, -0.2) is 0 Å². The number of hydrogen-bond acceptors (Lipinski definition) is 3. The molecular formula is C12H8BrIN4. The molecule has 0 fully saturated rings. The fourth-order valence-electron chi connectivity index (χ4n) is 1.68. The van der Waals surface area contributed by atoms with Crippen molar-refractivity contribution >= 4 is 55.2 Å². The van der Waals surface area contributed by atoms with Crippen LogP contribution in [0.1, 0.15) is 0 Å². The molecule has 90 valence electrons. The summed E-state index contributed by atoms with van der Waals surface area (Å²) >= 11 is 5.70. The number of anilines is 1. The monoisotopic (exact) mass is 414 g/mol. The first-order chi connectivity index (χ1) is 8.65. The topological polar surface area (TPSA) is 56.7 Å². The third kappa shape index (κ3) is 1.99. The second-order valence-corrected chi connectivity index (χ2v) is 5.84. The van der Waals surface area contributed by atoms with E-state index in [1.54, 1.807) is 4.80 Å². The summed E-state index contributed by atoms with van der Waals surface area (Å²) in [7, 11) is 0. The van der Waals surface area contributed by atoms with Gasteiger partial charge in [0, 0.05) is 9.26 Å². The lowest BCUT2D eigenvalue weighted by Gasteiger charge is -1.98. The van der Waals surface area contributed by atoms with Crippen LogP contribution in [0.3, 0.4) is 0 Å². The normalized spacial score (nSPS) is 11.0. The molecule has 2 N–H and O–H groups in total. The van der Waals surface area contributed by atoms with Crippen molar-refractivity contribution < 1.29 is 0 Å². The third-order valence-corrected chi connectivity index (χ3v) is 4.07. The molecule has 1 heterocycles. The molecule has 6 heteroatoms. The number of hydrogen-bond donors (Lipinski definition) is 1. The van der Waals surface area contributed by atoms with E-state index >= 15 is 0 Å². The average molecular weight is 415 g/mol. The fourth-order valence-corrected chi connectivity index (χ4v) is 2.62. The lowest BCUT2D eigenvalue weighted by atomic mass is 10.3. The molecule has 1 aromatic heterocycles. The van der Waals surface area contributed by atoms with Crippen molar-refractivity contribution in [2.75, 3.05) is 5.73 Å². The molecule has 0 spiro atoms. The van der Waals surface area contributed by atoms with Crippen LogP contribution >= 0.6 is 38.5 Å². The smallest absolute Gasteiger partial charge is 0.129 e. The SMILES string of the molecule is Nc1ccc2nn(-c3cccc(I)c3)nc2c1Br. The minimum absolute atomic E-state index is 0.664. The minimum Gasteiger partial charge on any atom is -0.398 e. The fraction of sp³-hybridized carbons (Fsp3) is 0. The van der Waals surface area contributed by atoms with Crippen LogP contribution in [0.2, 0.25) is 0 Å². The van der Waals surface area contributed by atoms with Crippen molar-refractivity contribution in [1.82, 2.24) is 15.0 Å². The molecule has 3 aromatic rings. The molecule has 3 rings (SSSR count). The standard InChI is InChI=1S/C12H8BrIN4/c13-11-9(15)4-5-10-12(11)17-18(16-10)8-3-1-2-7(14)6-8/h1-6H,15H2. The Morgan fingerprint density at radius 3 is 2.78 bits per heavy atom. The van der Waals surface area contributed by atoms with Crippen LogP contribution in [0.15, 0.2) is 40.9 Å². The van der Waals surface area contributed by atoms with Gasteiger partial charge in [0.25, 0.3) is 0 Å². The molecule has 18 heavy (non-hydrogen) atoms. The van der Waals surface area contributed by atoms with Gasteiger partial charge in [0.2, 0.25) is 0 Å². The van der Waals surface area contributed by atoms with Crippen LogP contribution in [0.5, 0.6) is 0 Å².